The third-order valence-corrected chi connectivity index (χ3v) is 8.44. The molecule has 0 saturated carbocycles. The summed E-state index contributed by atoms with van der Waals surface area (Å²) in [6.45, 7) is 4.35. The van der Waals surface area contributed by atoms with Crippen molar-refractivity contribution < 1.29 is 42.5 Å². The van der Waals surface area contributed by atoms with E-state index in [1.807, 2.05) is 0 Å². The first-order chi connectivity index (χ1) is 24.8. The van der Waals surface area contributed by atoms with Crippen LogP contribution in [0.2, 0.25) is 0 Å². The van der Waals surface area contributed by atoms with E-state index >= 15 is 0 Å². The molecule has 1 aliphatic heterocycles. The predicted molar refractivity (Wildman–Crippen MR) is 189 cm³/mol. The highest BCUT2D eigenvalue weighted by Gasteiger charge is 2.48. The van der Waals surface area contributed by atoms with Gasteiger partial charge in [0.25, 0.3) is 5.91 Å². The minimum Gasteiger partial charge on any atom is -0.484 e. The average molecular weight is 714 g/mol. The zero-order chi connectivity index (χ0) is 37.4. The third-order valence-electron chi connectivity index (χ3n) is 8.44. The number of amides is 3. The summed E-state index contributed by atoms with van der Waals surface area (Å²) in [5.41, 5.74) is 1.60. The van der Waals surface area contributed by atoms with Crippen LogP contribution in [-0.4, -0.2) is 47.6 Å². The molecule has 0 bridgehead atoms. The SMILES string of the molecule is CC(C)(C)OC(=O)CNC(=O)C(NC(=O)COc1ccc(C2C(CCC(O)c3ccc(F)cc3)C(=O)N2c2ccc(F)cc2)cc1)c1ccccc1. The second-order valence-corrected chi connectivity index (χ2v) is 13.5. The molecule has 272 valence electrons. The van der Waals surface area contributed by atoms with Gasteiger partial charge in [-0.05, 0) is 98.8 Å². The van der Waals surface area contributed by atoms with Crippen LogP contribution in [0, 0.1) is 17.6 Å². The zero-order valence-electron chi connectivity index (χ0n) is 29.1. The van der Waals surface area contributed by atoms with Crippen LogP contribution in [0.4, 0.5) is 14.5 Å². The number of carbonyl (C=O) groups is 4. The van der Waals surface area contributed by atoms with Crippen LogP contribution in [0.15, 0.2) is 103 Å². The lowest BCUT2D eigenvalue weighted by Gasteiger charge is -2.48. The number of rotatable bonds is 14. The van der Waals surface area contributed by atoms with E-state index in [9.17, 15) is 33.1 Å². The number of β-lactam (4-membered cyclic amide) rings is 1. The number of aliphatic hydroxyl groups excluding tert-OH is 1. The number of aliphatic hydroxyl groups is 1. The first-order valence-electron chi connectivity index (χ1n) is 16.9. The van der Waals surface area contributed by atoms with Crippen molar-refractivity contribution in [2.24, 2.45) is 5.92 Å². The fourth-order valence-corrected chi connectivity index (χ4v) is 5.99. The number of hydrogen-bond donors (Lipinski definition) is 3. The van der Waals surface area contributed by atoms with Crippen LogP contribution in [0.3, 0.4) is 0 Å². The molecule has 3 N–H and O–H groups in total. The monoisotopic (exact) mass is 713 g/mol. The zero-order valence-corrected chi connectivity index (χ0v) is 29.1. The van der Waals surface area contributed by atoms with Gasteiger partial charge in [-0.25, -0.2) is 8.78 Å². The molecule has 12 heteroatoms. The lowest BCUT2D eigenvalue weighted by atomic mass is 9.78. The smallest absolute Gasteiger partial charge is 0.325 e. The van der Waals surface area contributed by atoms with Crippen LogP contribution in [0.5, 0.6) is 5.75 Å². The standard InChI is InChI=1S/C40H41F2N3O7/c1-40(2,3)52-35(48)23-43-38(49)36(26-7-5-4-6-8-26)44-34(47)24-51-31-19-11-27(12-20-31)37-32(21-22-33(46)25-9-13-28(41)14-10-25)39(50)45(37)30-17-15-29(42)16-18-30/h4-20,32-33,36-37,46H,21-24H2,1-3H3,(H,43,49)(H,44,47). The van der Waals surface area contributed by atoms with Gasteiger partial charge in [-0.2, -0.15) is 0 Å². The van der Waals surface area contributed by atoms with Crippen molar-refractivity contribution in [1.82, 2.24) is 10.6 Å². The summed E-state index contributed by atoms with van der Waals surface area (Å²) in [6, 6.07) is 25.0. The van der Waals surface area contributed by atoms with Gasteiger partial charge < -0.3 is 30.1 Å². The molecule has 3 amide bonds. The minimum absolute atomic E-state index is 0.178. The number of hydrogen-bond acceptors (Lipinski definition) is 7. The Kier molecular flexibility index (Phi) is 12.0. The Morgan fingerprint density at radius 2 is 1.46 bits per heavy atom. The molecule has 1 heterocycles. The molecule has 0 aromatic heterocycles. The first-order valence-corrected chi connectivity index (χ1v) is 16.9. The van der Waals surface area contributed by atoms with Gasteiger partial charge in [0.2, 0.25) is 11.8 Å². The van der Waals surface area contributed by atoms with Crippen molar-refractivity contribution in [3.05, 3.63) is 131 Å². The number of carbonyl (C=O) groups excluding carboxylic acids is 4. The summed E-state index contributed by atoms with van der Waals surface area (Å²) in [6.07, 6.45) is -0.297. The molecule has 1 fully saturated rings. The predicted octanol–water partition coefficient (Wildman–Crippen LogP) is 5.88. The van der Waals surface area contributed by atoms with Gasteiger partial charge in [-0.1, -0.05) is 54.6 Å². The highest BCUT2D eigenvalue weighted by molar-refractivity contribution is 6.03. The lowest BCUT2D eigenvalue weighted by Crippen LogP contribution is -2.55. The van der Waals surface area contributed by atoms with Gasteiger partial charge >= 0.3 is 5.97 Å². The van der Waals surface area contributed by atoms with Crippen molar-refractivity contribution in [2.75, 3.05) is 18.1 Å². The van der Waals surface area contributed by atoms with E-state index in [0.717, 1.165) is 5.56 Å². The molecule has 0 aliphatic carbocycles. The molecule has 10 nitrogen and oxygen atoms in total. The number of halogens is 2. The van der Waals surface area contributed by atoms with E-state index in [1.165, 1.54) is 48.5 Å². The molecule has 1 aliphatic rings. The Morgan fingerprint density at radius 1 is 0.846 bits per heavy atom. The number of ether oxygens (including phenoxy) is 2. The van der Waals surface area contributed by atoms with Gasteiger partial charge in [-0.15, -0.1) is 0 Å². The van der Waals surface area contributed by atoms with E-state index in [2.05, 4.69) is 10.6 Å². The highest BCUT2D eigenvalue weighted by atomic mass is 19.1. The Bertz CT molecular complexity index is 1850. The average Bonchev–Trinajstić information content (AvgIpc) is 3.12. The molecule has 0 spiro atoms. The summed E-state index contributed by atoms with van der Waals surface area (Å²) < 4.78 is 38.1. The van der Waals surface area contributed by atoms with Gasteiger partial charge in [-0.3, -0.25) is 19.2 Å². The Hall–Kier alpha value is -5.62. The van der Waals surface area contributed by atoms with Crippen molar-refractivity contribution in [1.29, 1.82) is 0 Å². The Balaban J connectivity index is 1.23. The second kappa shape index (κ2) is 16.6. The van der Waals surface area contributed by atoms with Crippen LogP contribution in [0.1, 0.15) is 68.5 Å². The number of benzene rings is 4. The number of esters is 1. The molecular weight excluding hydrogens is 672 g/mol. The summed E-state index contributed by atoms with van der Waals surface area (Å²) in [4.78, 5) is 53.2. The fraction of sp³-hybridized carbons (Fsp3) is 0.300. The van der Waals surface area contributed by atoms with Gasteiger partial charge in [0.05, 0.1) is 18.1 Å². The highest BCUT2D eigenvalue weighted by Crippen LogP contribution is 2.46. The van der Waals surface area contributed by atoms with Crippen molar-refractivity contribution in [2.45, 2.75) is 57.4 Å². The molecule has 5 rings (SSSR count). The Labute approximate surface area is 300 Å². The topological polar surface area (TPSA) is 134 Å². The largest absolute Gasteiger partial charge is 0.484 e. The first kappa shape index (κ1) is 37.6. The quantitative estimate of drug-likeness (QED) is 0.110. The Morgan fingerprint density at radius 3 is 2.08 bits per heavy atom. The van der Waals surface area contributed by atoms with Gasteiger partial charge in [0.1, 0.15) is 35.6 Å². The molecule has 4 aromatic rings. The summed E-state index contributed by atoms with van der Waals surface area (Å²) >= 11 is 0. The van der Waals surface area contributed by atoms with E-state index in [4.69, 9.17) is 9.47 Å². The van der Waals surface area contributed by atoms with E-state index in [0.29, 0.717) is 29.0 Å². The van der Waals surface area contributed by atoms with E-state index in [-0.39, 0.29) is 18.9 Å². The maximum absolute atomic E-state index is 13.7. The maximum Gasteiger partial charge on any atom is 0.325 e. The van der Waals surface area contributed by atoms with Gasteiger partial charge in [0, 0.05) is 5.69 Å². The van der Waals surface area contributed by atoms with Crippen LogP contribution < -0.4 is 20.3 Å². The summed E-state index contributed by atoms with van der Waals surface area (Å²) in [7, 11) is 0. The minimum atomic E-state index is -1.10. The number of anilines is 1. The van der Waals surface area contributed by atoms with Crippen LogP contribution in [-0.2, 0) is 23.9 Å². The molecule has 4 atom stereocenters. The molecule has 52 heavy (non-hydrogen) atoms. The summed E-state index contributed by atoms with van der Waals surface area (Å²) in [5.74, 6) is -2.97. The molecule has 4 aromatic carbocycles. The van der Waals surface area contributed by atoms with E-state index < -0.39 is 65.7 Å². The van der Waals surface area contributed by atoms with Crippen LogP contribution in [0.25, 0.3) is 0 Å². The van der Waals surface area contributed by atoms with Crippen molar-refractivity contribution in [3.8, 4) is 5.75 Å². The van der Waals surface area contributed by atoms with Gasteiger partial charge in [0.15, 0.2) is 6.61 Å². The second-order valence-electron chi connectivity index (χ2n) is 13.5. The molecule has 1 saturated heterocycles. The lowest BCUT2D eigenvalue weighted by molar-refractivity contribution is -0.154. The van der Waals surface area contributed by atoms with Crippen LogP contribution >= 0.6 is 0 Å². The molecule has 0 radical (unpaired) electrons. The van der Waals surface area contributed by atoms with Crippen molar-refractivity contribution >= 4 is 29.4 Å². The van der Waals surface area contributed by atoms with E-state index in [1.54, 1.807) is 80.3 Å². The third kappa shape index (κ3) is 9.79. The molecular formula is C40H41F2N3O7. The summed E-state index contributed by atoms with van der Waals surface area (Å²) in [5, 5.41) is 15.9. The number of nitrogens with one attached hydrogen (secondary N) is 2. The number of nitrogens with zero attached hydrogens (tertiary/aromatic N) is 1. The fourth-order valence-electron chi connectivity index (χ4n) is 5.99. The van der Waals surface area contributed by atoms with Crippen molar-refractivity contribution in [3.63, 3.8) is 0 Å². The normalized spacial score (nSPS) is 16.7. The molecule has 4 unspecified atom stereocenters. The maximum atomic E-state index is 13.7.